The van der Waals surface area contributed by atoms with Gasteiger partial charge in [-0.3, -0.25) is 4.79 Å². The van der Waals surface area contributed by atoms with Crippen molar-refractivity contribution in [2.45, 2.75) is 25.4 Å². The molecule has 0 saturated carbocycles. The Bertz CT molecular complexity index is 467. The van der Waals surface area contributed by atoms with Crippen LogP contribution in [0.1, 0.15) is 19.3 Å². The van der Waals surface area contributed by atoms with E-state index in [4.69, 9.17) is 27.9 Å². The van der Waals surface area contributed by atoms with Gasteiger partial charge in [-0.15, -0.1) is 0 Å². The lowest BCUT2D eigenvalue weighted by Crippen LogP contribution is -2.33. The van der Waals surface area contributed by atoms with Gasteiger partial charge in [-0.2, -0.15) is 0 Å². The molecule has 2 heterocycles. The molecule has 0 unspecified atom stereocenters. The Morgan fingerprint density at radius 1 is 1.40 bits per heavy atom. The third-order valence-electron chi connectivity index (χ3n) is 2.97. The molecule has 0 bridgehead atoms. The maximum atomic E-state index is 11.8. The van der Waals surface area contributed by atoms with E-state index in [-0.39, 0.29) is 34.4 Å². The first-order valence-corrected chi connectivity index (χ1v) is 7.20. The van der Waals surface area contributed by atoms with Gasteiger partial charge in [0.05, 0.1) is 19.1 Å². The van der Waals surface area contributed by atoms with Crippen LogP contribution in [-0.2, 0) is 9.53 Å². The van der Waals surface area contributed by atoms with E-state index >= 15 is 0 Å². The van der Waals surface area contributed by atoms with Crippen molar-refractivity contribution >= 4 is 34.9 Å². The molecule has 0 spiro atoms. The van der Waals surface area contributed by atoms with E-state index in [1.165, 1.54) is 6.33 Å². The van der Waals surface area contributed by atoms with E-state index in [9.17, 15) is 4.79 Å². The fraction of sp³-hybridized carbons (Fsp3) is 0.583. The molecule has 110 valence electrons. The van der Waals surface area contributed by atoms with Gasteiger partial charge in [0.15, 0.2) is 11.0 Å². The van der Waals surface area contributed by atoms with Crippen molar-refractivity contribution in [3.8, 4) is 0 Å². The minimum atomic E-state index is -0.212. The fourth-order valence-electron chi connectivity index (χ4n) is 1.91. The van der Waals surface area contributed by atoms with Gasteiger partial charge in [-0.1, -0.05) is 23.2 Å². The number of nitrogens with zero attached hydrogens (tertiary/aromatic N) is 2. The Hall–Kier alpha value is -0.950. The Morgan fingerprint density at radius 3 is 2.90 bits per heavy atom. The topological polar surface area (TPSA) is 76.1 Å². The van der Waals surface area contributed by atoms with E-state index in [0.29, 0.717) is 6.61 Å². The minimum absolute atomic E-state index is 0.114. The first kappa shape index (κ1) is 15.4. The Labute approximate surface area is 127 Å². The summed E-state index contributed by atoms with van der Waals surface area (Å²) >= 11 is 11.6. The van der Waals surface area contributed by atoms with Gasteiger partial charge < -0.3 is 15.4 Å². The summed E-state index contributed by atoms with van der Waals surface area (Å²) in [4.78, 5) is 19.3. The van der Waals surface area contributed by atoms with Crippen molar-refractivity contribution in [2.24, 2.45) is 0 Å². The van der Waals surface area contributed by atoms with Crippen molar-refractivity contribution in [2.75, 3.05) is 25.0 Å². The van der Waals surface area contributed by atoms with Crippen LogP contribution in [0.25, 0.3) is 0 Å². The number of rotatable bonds is 5. The highest BCUT2D eigenvalue weighted by atomic mass is 35.5. The van der Waals surface area contributed by atoms with Crippen LogP contribution in [0.15, 0.2) is 6.33 Å². The average Bonchev–Trinajstić information content (AvgIpc) is 2.45. The molecule has 1 amide bonds. The molecule has 6 nitrogen and oxygen atoms in total. The molecule has 1 aromatic heterocycles. The molecule has 0 aliphatic carbocycles. The Balaban J connectivity index is 1.73. The monoisotopic (exact) mass is 318 g/mol. The number of amides is 1. The predicted octanol–water partition coefficient (Wildman–Crippen LogP) is 1.88. The van der Waals surface area contributed by atoms with Crippen molar-refractivity contribution in [3.63, 3.8) is 0 Å². The molecule has 2 rings (SSSR count). The Kier molecular flexibility index (Phi) is 5.97. The van der Waals surface area contributed by atoms with Crippen LogP contribution < -0.4 is 10.6 Å². The first-order chi connectivity index (χ1) is 9.66. The quantitative estimate of drug-likeness (QED) is 0.811. The van der Waals surface area contributed by atoms with Gasteiger partial charge >= 0.3 is 0 Å². The number of aromatic nitrogens is 2. The highest BCUT2D eigenvalue weighted by Crippen LogP contribution is 2.25. The van der Waals surface area contributed by atoms with Crippen LogP contribution in [-0.4, -0.2) is 41.7 Å². The second kappa shape index (κ2) is 7.73. The maximum absolute atomic E-state index is 11.8. The van der Waals surface area contributed by atoms with E-state index in [0.717, 1.165) is 25.9 Å². The molecule has 20 heavy (non-hydrogen) atoms. The van der Waals surface area contributed by atoms with E-state index in [1.807, 2.05) is 0 Å². The van der Waals surface area contributed by atoms with Crippen LogP contribution in [0.3, 0.4) is 0 Å². The number of hydrogen-bond acceptors (Lipinski definition) is 5. The zero-order chi connectivity index (χ0) is 14.4. The van der Waals surface area contributed by atoms with Crippen LogP contribution in [0.5, 0.6) is 0 Å². The number of carbonyl (C=O) groups excluding carboxylic acids is 1. The highest BCUT2D eigenvalue weighted by Gasteiger charge is 2.14. The molecule has 1 aliphatic heterocycles. The molecule has 1 fully saturated rings. The van der Waals surface area contributed by atoms with Crippen molar-refractivity contribution in [3.05, 3.63) is 16.5 Å². The lowest BCUT2D eigenvalue weighted by atomic mass is 10.1. The molecule has 1 aromatic rings. The molecular formula is C12H16Cl2N4O2. The third kappa shape index (κ3) is 4.56. The maximum Gasteiger partial charge on any atom is 0.227 e. The normalized spacial score (nSPS) is 16.1. The summed E-state index contributed by atoms with van der Waals surface area (Å²) in [7, 11) is 0. The summed E-state index contributed by atoms with van der Waals surface area (Å²) in [6.07, 6.45) is 3.70. The number of carbonyl (C=O) groups is 1. The van der Waals surface area contributed by atoms with Gasteiger partial charge in [0.1, 0.15) is 11.3 Å². The number of halogens is 2. The molecular weight excluding hydrogens is 303 g/mol. The Morgan fingerprint density at radius 2 is 2.15 bits per heavy atom. The highest BCUT2D eigenvalue weighted by molar-refractivity contribution is 6.42. The minimum Gasteiger partial charge on any atom is -0.378 e. The SMILES string of the molecule is O=C(CCOC1CCNCC1)Nc1ncnc(Cl)c1Cl. The molecule has 0 radical (unpaired) electrons. The van der Waals surface area contributed by atoms with Crippen LogP contribution in [0, 0.1) is 0 Å². The summed E-state index contributed by atoms with van der Waals surface area (Å²) in [5.74, 6) is 0.00846. The number of anilines is 1. The van der Waals surface area contributed by atoms with Crippen LogP contribution in [0.2, 0.25) is 10.2 Å². The summed E-state index contributed by atoms with van der Waals surface area (Å²) in [6, 6.07) is 0. The number of nitrogens with one attached hydrogen (secondary N) is 2. The molecule has 8 heteroatoms. The standard InChI is InChI=1S/C12H16Cl2N4O2/c13-10-11(14)16-7-17-12(10)18-9(19)3-6-20-8-1-4-15-5-2-8/h7-8,15H,1-6H2,(H,16,17,18,19). The third-order valence-corrected chi connectivity index (χ3v) is 3.71. The lowest BCUT2D eigenvalue weighted by molar-refractivity contribution is -0.117. The van der Waals surface area contributed by atoms with Gasteiger partial charge in [0.25, 0.3) is 0 Å². The smallest absolute Gasteiger partial charge is 0.227 e. The molecule has 0 atom stereocenters. The number of ether oxygens (including phenoxy) is 1. The first-order valence-electron chi connectivity index (χ1n) is 6.45. The van der Waals surface area contributed by atoms with E-state index < -0.39 is 0 Å². The van der Waals surface area contributed by atoms with Crippen LogP contribution >= 0.6 is 23.2 Å². The summed E-state index contributed by atoms with van der Waals surface area (Å²) in [5.41, 5.74) is 0. The largest absolute Gasteiger partial charge is 0.378 e. The van der Waals surface area contributed by atoms with Crippen molar-refractivity contribution in [1.82, 2.24) is 15.3 Å². The zero-order valence-electron chi connectivity index (χ0n) is 10.9. The fourth-order valence-corrected chi connectivity index (χ4v) is 2.19. The predicted molar refractivity (Wildman–Crippen MR) is 77.1 cm³/mol. The van der Waals surface area contributed by atoms with Crippen molar-refractivity contribution < 1.29 is 9.53 Å². The second-order valence-electron chi connectivity index (χ2n) is 4.45. The zero-order valence-corrected chi connectivity index (χ0v) is 12.4. The molecule has 2 N–H and O–H groups in total. The summed E-state index contributed by atoms with van der Waals surface area (Å²) in [5, 5.41) is 6.10. The van der Waals surface area contributed by atoms with Crippen LogP contribution in [0.4, 0.5) is 5.82 Å². The van der Waals surface area contributed by atoms with E-state index in [2.05, 4.69) is 20.6 Å². The molecule has 1 aliphatic rings. The second-order valence-corrected chi connectivity index (χ2v) is 5.18. The van der Waals surface area contributed by atoms with Gasteiger partial charge in [0, 0.05) is 0 Å². The molecule has 1 saturated heterocycles. The summed E-state index contributed by atoms with van der Waals surface area (Å²) in [6.45, 7) is 2.31. The number of hydrogen-bond donors (Lipinski definition) is 2. The summed E-state index contributed by atoms with van der Waals surface area (Å²) < 4.78 is 5.65. The van der Waals surface area contributed by atoms with Crippen molar-refractivity contribution in [1.29, 1.82) is 0 Å². The van der Waals surface area contributed by atoms with Gasteiger partial charge in [0.2, 0.25) is 5.91 Å². The lowest BCUT2D eigenvalue weighted by Gasteiger charge is -2.22. The average molecular weight is 319 g/mol. The molecule has 0 aromatic carbocycles. The van der Waals surface area contributed by atoms with Gasteiger partial charge in [-0.05, 0) is 25.9 Å². The van der Waals surface area contributed by atoms with E-state index in [1.54, 1.807) is 0 Å². The van der Waals surface area contributed by atoms with Gasteiger partial charge in [-0.25, -0.2) is 9.97 Å². The number of piperidine rings is 1.